The average Bonchev–Trinajstić information content (AvgIpc) is 2.92. The van der Waals surface area contributed by atoms with E-state index < -0.39 is 0 Å². The Morgan fingerprint density at radius 2 is 2.10 bits per heavy atom. The third-order valence-electron chi connectivity index (χ3n) is 4.58. The normalized spacial score (nSPS) is 17.2. The molecule has 0 bridgehead atoms. The lowest BCUT2D eigenvalue weighted by Crippen LogP contribution is -2.26. The van der Waals surface area contributed by atoms with Crippen LogP contribution in [0.15, 0.2) is 18.2 Å². The van der Waals surface area contributed by atoms with E-state index in [1.807, 2.05) is 6.07 Å². The van der Waals surface area contributed by atoms with E-state index in [4.69, 9.17) is 5.84 Å². The largest absolute Gasteiger partial charge is 0.371 e. The molecule has 0 saturated carbocycles. The zero-order valence-electron chi connectivity index (χ0n) is 12.1. The minimum atomic E-state index is -0.382. The Hall–Kier alpha value is -1.82. The van der Waals surface area contributed by atoms with Crippen LogP contribution in [0.5, 0.6) is 0 Å². The number of nitrogen functional groups attached to an aromatic ring is 1. The van der Waals surface area contributed by atoms with Gasteiger partial charge in [0, 0.05) is 30.9 Å². The van der Waals surface area contributed by atoms with Crippen LogP contribution in [0.4, 0.5) is 17.1 Å². The highest BCUT2D eigenvalue weighted by Gasteiger charge is 2.35. The fraction of sp³-hybridized carbons (Fsp3) is 0.571. The summed E-state index contributed by atoms with van der Waals surface area (Å²) in [7, 11) is 0. The maximum atomic E-state index is 11.0. The molecule has 1 saturated heterocycles. The zero-order chi connectivity index (χ0) is 14.8. The summed E-state index contributed by atoms with van der Waals surface area (Å²) in [6.07, 6.45) is 3.40. The molecule has 6 heteroatoms. The predicted octanol–water partition coefficient (Wildman–Crippen LogP) is 2.90. The van der Waals surface area contributed by atoms with Crippen LogP contribution >= 0.6 is 0 Å². The highest BCUT2D eigenvalue weighted by molar-refractivity contribution is 5.64. The first-order chi connectivity index (χ1) is 9.53. The summed E-state index contributed by atoms with van der Waals surface area (Å²) in [5.41, 5.74) is 4.35. The third kappa shape index (κ3) is 2.70. The lowest BCUT2D eigenvalue weighted by Gasteiger charge is -2.27. The fourth-order valence-corrected chi connectivity index (χ4v) is 2.95. The number of hydrogen-bond donors (Lipinski definition) is 2. The van der Waals surface area contributed by atoms with Crippen molar-refractivity contribution in [3.05, 3.63) is 28.3 Å². The number of nitro groups is 1. The summed E-state index contributed by atoms with van der Waals surface area (Å²) in [6.45, 7) is 6.32. The molecule has 1 aromatic rings. The highest BCUT2D eigenvalue weighted by Crippen LogP contribution is 2.40. The second-order valence-corrected chi connectivity index (χ2v) is 5.52. The number of nitrogens with zero attached hydrogens (tertiary/aromatic N) is 2. The van der Waals surface area contributed by atoms with Crippen LogP contribution in [0.25, 0.3) is 0 Å². The van der Waals surface area contributed by atoms with E-state index in [2.05, 4.69) is 24.2 Å². The van der Waals surface area contributed by atoms with Crippen molar-refractivity contribution in [2.75, 3.05) is 23.4 Å². The van der Waals surface area contributed by atoms with Gasteiger partial charge in [-0.05, 0) is 30.7 Å². The first kappa shape index (κ1) is 14.6. The van der Waals surface area contributed by atoms with Crippen LogP contribution in [0.3, 0.4) is 0 Å². The Morgan fingerprint density at radius 3 is 2.60 bits per heavy atom. The topological polar surface area (TPSA) is 84.4 Å². The summed E-state index contributed by atoms with van der Waals surface area (Å²) >= 11 is 0. The Balaban J connectivity index is 2.29. The molecule has 1 heterocycles. The summed E-state index contributed by atoms with van der Waals surface area (Å²) in [4.78, 5) is 12.8. The quantitative estimate of drug-likeness (QED) is 0.491. The van der Waals surface area contributed by atoms with Crippen molar-refractivity contribution in [1.82, 2.24) is 0 Å². The van der Waals surface area contributed by atoms with Gasteiger partial charge in [-0.15, -0.1) is 0 Å². The third-order valence-corrected chi connectivity index (χ3v) is 4.58. The van der Waals surface area contributed by atoms with Crippen molar-refractivity contribution in [2.24, 2.45) is 11.3 Å². The van der Waals surface area contributed by atoms with Gasteiger partial charge in [0.1, 0.15) is 0 Å². The van der Waals surface area contributed by atoms with Gasteiger partial charge in [0.2, 0.25) is 0 Å². The Bertz CT molecular complexity index is 500. The average molecular weight is 278 g/mol. The SMILES string of the molecule is CCC1(CC)CCN(c2cc(NN)cc([N+](=O)[O-])c2)C1. The van der Waals surface area contributed by atoms with Crippen molar-refractivity contribution in [2.45, 2.75) is 33.1 Å². The standard InChI is InChI=1S/C14H22N4O2/c1-3-14(4-2)5-6-17(10-14)12-7-11(16-15)8-13(9-12)18(19)20/h7-9,16H,3-6,10,15H2,1-2H3. The van der Waals surface area contributed by atoms with Gasteiger partial charge >= 0.3 is 0 Å². The smallest absolute Gasteiger partial charge is 0.273 e. The number of anilines is 2. The number of nitrogens with two attached hydrogens (primary N) is 1. The second kappa shape index (κ2) is 5.66. The Kier molecular flexibility index (Phi) is 4.13. The van der Waals surface area contributed by atoms with E-state index >= 15 is 0 Å². The highest BCUT2D eigenvalue weighted by atomic mass is 16.6. The van der Waals surface area contributed by atoms with Crippen molar-refractivity contribution in [3.8, 4) is 0 Å². The van der Waals surface area contributed by atoms with E-state index in [0.29, 0.717) is 11.1 Å². The number of hydrogen-bond acceptors (Lipinski definition) is 5. The maximum Gasteiger partial charge on any atom is 0.273 e. The molecule has 1 aromatic carbocycles. The van der Waals surface area contributed by atoms with E-state index in [9.17, 15) is 10.1 Å². The Morgan fingerprint density at radius 1 is 1.40 bits per heavy atom. The van der Waals surface area contributed by atoms with E-state index in [1.54, 1.807) is 6.07 Å². The van der Waals surface area contributed by atoms with Crippen LogP contribution in [-0.2, 0) is 0 Å². The van der Waals surface area contributed by atoms with Crippen molar-refractivity contribution < 1.29 is 4.92 Å². The van der Waals surface area contributed by atoms with Gasteiger partial charge in [-0.1, -0.05) is 13.8 Å². The van der Waals surface area contributed by atoms with Crippen LogP contribution in [-0.4, -0.2) is 18.0 Å². The molecule has 0 atom stereocenters. The van der Waals surface area contributed by atoms with Gasteiger partial charge in [0.25, 0.3) is 5.69 Å². The molecule has 0 aromatic heterocycles. The number of hydrazine groups is 1. The molecule has 1 fully saturated rings. The van der Waals surface area contributed by atoms with Crippen molar-refractivity contribution in [1.29, 1.82) is 0 Å². The molecule has 20 heavy (non-hydrogen) atoms. The summed E-state index contributed by atoms with van der Waals surface area (Å²) in [5, 5.41) is 11.0. The van der Waals surface area contributed by atoms with Crippen LogP contribution < -0.4 is 16.2 Å². The van der Waals surface area contributed by atoms with Gasteiger partial charge in [-0.3, -0.25) is 16.0 Å². The summed E-state index contributed by atoms with van der Waals surface area (Å²) in [5.74, 6) is 5.40. The van der Waals surface area contributed by atoms with Gasteiger partial charge in [-0.2, -0.15) is 0 Å². The zero-order valence-corrected chi connectivity index (χ0v) is 12.1. The number of non-ortho nitro benzene ring substituents is 1. The first-order valence-electron chi connectivity index (χ1n) is 7.04. The van der Waals surface area contributed by atoms with Crippen LogP contribution in [0.2, 0.25) is 0 Å². The van der Waals surface area contributed by atoms with Gasteiger partial charge in [-0.25, -0.2) is 0 Å². The lowest BCUT2D eigenvalue weighted by atomic mass is 9.82. The van der Waals surface area contributed by atoms with Crippen LogP contribution in [0, 0.1) is 15.5 Å². The minimum Gasteiger partial charge on any atom is -0.371 e. The number of nitro benzene ring substituents is 1. The fourth-order valence-electron chi connectivity index (χ4n) is 2.95. The van der Waals surface area contributed by atoms with Crippen molar-refractivity contribution >= 4 is 17.1 Å². The summed E-state index contributed by atoms with van der Waals surface area (Å²) < 4.78 is 0. The van der Waals surface area contributed by atoms with E-state index in [0.717, 1.165) is 38.0 Å². The second-order valence-electron chi connectivity index (χ2n) is 5.52. The molecule has 3 N–H and O–H groups in total. The minimum absolute atomic E-state index is 0.0703. The molecule has 1 aliphatic rings. The molecule has 6 nitrogen and oxygen atoms in total. The molecule has 2 rings (SSSR count). The van der Waals surface area contributed by atoms with E-state index in [-0.39, 0.29) is 10.6 Å². The predicted molar refractivity (Wildman–Crippen MR) is 80.8 cm³/mol. The van der Waals surface area contributed by atoms with E-state index in [1.165, 1.54) is 6.07 Å². The molecule has 110 valence electrons. The Labute approximate surface area is 119 Å². The van der Waals surface area contributed by atoms with Crippen LogP contribution in [0.1, 0.15) is 33.1 Å². The molecule has 0 amide bonds. The number of nitrogens with one attached hydrogen (secondary N) is 1. The molecule has 0 spiro atoms. The molecular formula is C14H22N4O2. The van der Waals surface area contributed by atoms with Gasteiger partial charge in [0.05, 0.1) is 10.6 Å². The maximum absolute atomic E-state index is 11.0. The lowest BCUT2D eigenvalue weighted by molar-refractivity contribution is -0.384. The molecule has 0 aliphatic carbocycles. The number of benzene rings is 1. The van der Waals surface area contributed by atoms with Gasteiger partial charge in [0.15, 0.2) is 0 Å². The van der Waals surface area contributed by atoms with Gasteiger partial charge < -0.3 is 10.3 Å². The summed E-state index contributed by atoms with van der Waals surface area (Å²) in [6, 6.07) is 4.95. The molecule has 0 unspecified atom stereocenters. The monoisotopic (exact) mass is 278 g/mol. The first-order valence-corrected chi connectivity index (χ1v) is 7.04. The molecule has 0 radical (unpaired) electrons. The molecule has 1 aliphatic heterocycles. The van der Waals surface area contributed by atoms with Crippen molar-refractivity contribution in [3.63, 3.8) is 0 Å². The molecular weight excluding hydrogens is 256 g/mol. The number of rotatable bonds is 5.